The van der Waals surface area contributed by atoms with E-state index in [9.17, 15) is 9.59 Å². The third-order valence-corrected chi connectivity index (χ3v) is 3.76. The molecule has 1 aromatic carbocycles. The lowest BCUT2D eigenvalue weighted by Gasteiger charge is -2.32. The number of pyridine rings is 1. The number of hydrogen-bond acceptors (Lipinski definition) is 4. The Labute approximate surface area is 132 Å². The molecule has 0 saturated carbocycles. The molecule has 1 atom stereocenters. The van der Waals surface area contributed by atoms with E-state index in [-0.39, 0.29) is 0 Å². The van der Waals surface area contributed by atoms with Gasteiger partial charge in [0, 0.05) is 12.6 Å². The van der Waals surface area contributed by atoms with Crippen molar-refractivity contribution < 1.29 is 14.3 Å². The minimum atomic E-state index is -1.27. The number of anilines is 1. The maximum absolute atomic E-state index is 12.5. The molecule has 1 amide bonds. The molecule has 0 radical (unpaired) electrons. The predicted octanol–water partition coefficient (Wildman–Crippen LogP) is 2.85. The number of fused-ring (bicyclic) bond motifs is 1. The van der Waals surface area contributed by atoms with Gasteiger partial charge < -0.3 is 10.1 Å². The van der Waals surface area contributed by atoms with Crippen molar-refractivity contribution in [3.8, 4) is 0 Å². The number of nitrogens with zero attached hydrogens (tertiary/aromatic N) is 1. The molecule has 1 unspecified atom stereocenters. The Morgan fingerprint density at radius 3 is 2.82 bits per heavy atom. The van der Waals surface area contributed by atoms with Crippen molar-refractivity contribution in [2.45, 2.75) is 18.9 Å². The second-order valence-electron chi connectivity index (χ2n) is 5.27. The molecule has 2 heterocycles. The van der Waals surface area contributed by atoms with Crippen LogP contribution in [0.25, 0.3) is 0 Å². The SMILES string of the molecule is CC1(C(=O)Nc2ccc(Cl)cn2)Cc2ccccc2C(=O)O1. The average molecular weight is 317 g/mol. The number of benzene rings is 1. The number of aromatic nitrogens is 1. The molecule has 0 saturated heterocycles. The van der Waals surface area contributed by atoms with Gasteiger partial charge in [-0.3, -0.25) is 4.79 Å². The summed E-state index contributed by atoms with van der Waals surface area (Å²) in [6, 6.07) is 10.3. The van der Waals surface area contributed by atoms with E-state index in [0.29, 0.717) is 22.8 Å². The van der Waals surface area contributed by atoms with E-state index >= 15 is 0 Å². The first-order valence-corrected chi connectivity index (χ1v) is 7.10. The van der Waals surface area contributed by atoms with Gasteiger partial charge in [-0.25, -0.2) is 9.78 Å². The van der Waals surface area contributed by atoms with Crippen molar-refractivity contribution in [3.63, 3.8) is 0 Å². The average Bonchev–Trinajstić information content (AvgIpc) is 2.49. The zero-order valence-electron chi connectivity index (χ0n) is 11.8. The number of carbonyl (C=O) groups is 2. The number of esters is 1. The number of carbonyl (C=O) groups excluding carboxylic acids is 2. The summed E-state index contributed by atoms with van der Waals surface area (Å²) in [5.74, 6) is -0.570. The second-order valence-corrected chi connectivity index (χ2v) is 5.71. The van der Waals surface area contributed by atoms with Gasteiger partial charge in [-0.05, 0) is 30.7 Å². The Balaban J connectivity index is 1.83. The van der Waals surface area contributed by atoms with E-state index in [2.05, 4.69) is 10.3 Å². The molecule has 112 valence electrons. The summed E-state index contributed by atoms with van der Waals surface area (Å²) in [7, 11) is 0. The summed E-state index contributed by atoms with van der Waals surface area (Å²) in [6.07, 6.45) is 1.75. The molecule has 6 heteroatoms. The van der Waals surface area contributed by atoms with Crippen molar-refractivity contribution >= 4 is 29.3 Å². The lowest BCUT2D eigenvalue weighted by molar-refractivity contribution is -0.134. The van der Waals surface area contributed by atoms with E-state index in [1.54, 1.807) is 31.2 Å². The second kappa shape index (κ2) is 5.42. The summed E-state index contributed by atoms with van der Waals surface area (Å²) in [6.45, 7) is 1.59. The first-order chi connectivity index (χ1) is 10.5. The van der Waals surface area contributed by atoms with Crippen LogP contribution in [0.5, 0.6) is 0 Å². The van der Waals surface area contributed by atoms with E-state index in [4.69, 9.17) is 16.3 Å². The highest BCUT2D eigenvalue weighted by molar-refractivity contribution is 6.30. The monoisotopic (exact) mass is 316 g/mol. The summed E-state index contributed by atoms with van der Waals surface area (Å²) < 4.78 is 5.35. The van der Waals surface area contributed by atoms with Crippen molar-refractivity contribution in [1.82, 2.24) is 4.98 Å². The Bertz CT molecular complexity index is 745. The summed E-state index contributed by atoms with van der Waals surface area (Å²) >= 11 is 5.76. The van der Waals surface area contributed by atoms with Crippen LogP contribution in [0.4, 0.5) is 5.82 Å². The smallest absolute Gasteiger partial charge is 0.339 e. The summed E-state index contributed by atoms with van der Waals surface area (Å²) in [4.78, 5) is 28.5. The van der Waals surface area contributed by atoms with Crippen LogP contribution >= 0.6 is 11.6 Å². The Kier molecular flexibility index (Phi) is 3.58. The van der Waals surface area contributed by atoms with Crippen LogP contribution in [-0.4, -0.2) is 22.5 Å². The van der Waals surface area contributed by atoms with E-state index in [1.165, 1.54) is 6.20 Å². The molecule has 22 heavy (non-hydrogen) atoms. The third kappa shape index (κ3) is 2.67. The van der Waals surface area contributed by atoms with E-state index < -0.39 is 17.5 Å². The van der Waals surface area contributed by atoms with Crippen LogP contribution in [0.2, 0.25) is 5.02 Å². The zero-order valence-corrected chi connectivity index (χ0v) is 12.6. The summed E-state index contributed by atoms with van der Waals surface area (Å²) in [5.41, 5.74) is 0.0186. The number of rotatable bonds is 2. The Hall–Kier alpha value is -2.40. The number of amides is 1. The largest absolute Gasteiger partial charge is 0.445 e. The van der Waals surface area contributed by atoms with Crippen molar-refractivity contribution in [2.75, 3.05) is 5.32 Å². The van der Waals surface area contributed by atoms with Gasteiger partial charge in [0.25, 0.3) is 5.91 Å². The molecule has 0 aliphatic carbocycles. The topological polar surface area (TPSA) is 68.3 Å². The fourth-order valence-corrected chi connectivity index (χ4v) is 2.47. The molecule has 1 aliphatic rings. The molecule has 2 aromatic rings. The molecular formula is C16H13ClN2O3. The number of ether oxygens (including phenoxy) is 1. The molecule has 1 aromatic heterocycles. The maximum Gasteiger partial charge on any atom is 0.339 e. The highest BCUT2D eigenvalue weighted by atomic mass is 35.5. The highest BCUT2D eigenvalue weighted by Gasteiger charge is 2.42. The van der Waals surface area contributed by atoms with Crippen LogP contribution in [-0.2, 0) is 16.0 Å². The molecule has 1 aliphatic heterocycles. The molecule has 0 spiro atoms. The van der Waals surface area contributed by atoms with Crippen LogP contribution in [0, 0.1) is 0 Å². The normalized spacial score (nSPS) is 20.0. The Morgan fingerprint density at radius 2 is 2.09 bits per heavy atom. The maximum atomic E-state index is 12.5. The molecular weight excluding hydrogens is 304 g/mol. The quantitative estimate of drug-likeness (QED) is 0.865. The number of halogens is 1. The zero-order chi connectivity index (χ0) is 15.7. The van der Waals surface area contributed by atoms with Crippen molar-refractivity contribution in [2.24, 2.45) is 0 Å². The summed E-state index contributed by atoms with van der Waals surface area (Å²) in [5, 5.41) is 3.12. The first-order valence-electron chi connectivity index (χ1n) is 6.72. The van der Waals surface area contributed by atoms with E-state index in [0.717, 1.165) is 5.56 Å². The lowest BCUT2D eigenvalue weighted by Crippen LogP contribution is -2.49. The van der Waals surface area contributed by atoms with E-state index in [1.807, 2.05) is 12.1 Å². The molecule has 0 bridgehead atoms. The van der Waals surface area contributed by atoms with Gasteiger partial charge in [-0.15, -0.1) is 0 Å². The number of cyclic esters (lactones) is 1. The van der Waals surface area contributed by atoms with Crippen LogP contribution < -0.4 is 5.32 Å². The fourth-order valence-electron chi connectivity index (χ4n) is 2.36. The van der Waals surface area contributed by atoms with Gasteiger partial charge in [0.05, 0.1) is 10.6 Å². The molecule has 0 fully saturated rings. The Morgan fingerprint density at radius 1 is 1.32 bits per heavy atom. The molecule has 3 rings (SSSR count). The van der Waals surface area contributed by atoms with Crippen molar-refractivity contribution in [3.05, 3.63) is 58.7 Å². The predicted molar refractivity (Wildman–Crippen MR) is 81.8 cm³/mol. The van der Waals surface area contributed by atoms with Gasteiger partial charge in [0.1, 0.15) is 5.82 Å². The van der Waals surface area contributed by atoms with Crippen molar-refractivity contribution in [1.29, 1.82) is 0 Å². The standard InChI is InChI=1S/C16H13ClN2O3/c1-16(15(21)19-13-7-6-11(17)9-18-13)8-10-4-2-3-5-12(10)14(20)22-16/h2-7,9H,8H2,1H3,(H,18,19,21). The lowest BCUT2D eigenvalue weighted by atomic mass is 9.89. The van der Waals surface area contributed by atoms with Gasteiger partial charge in [0.2, 0.25) is 0 Å². The third-order valence-electron chi connectivity index (χ3n) is 3.53. The minimum Gasteiger partial charge on any atom is -0.445 e. The number of nitrogens with one attached hydrogen (secondary N) is 1. The fraction of sp³-hybridized carbons (Fsp3) is 0.188. The highest BCUT2D eigenvalue weighted by Crippen LogP contribution is 2.29. The number of hydrogen-bond donors (Lipinski definition) is 1. The van der Waals surface area contributed by atoms with Gasteiger partial charge in [-0.2, -0.15) is 0 Å². The van der Waals surface area contributed by atoms with Gasteiger partial charge in [-0.1, -0.05) is 29.8 Å². The van der Waals surface area contributed by atoms with Crippen LogP contribution in [0.3, 0.4) is 0 Å². The first kappa shape index (κ1) is 14.5. The van der Waals surface area contributed by atoms with Gasteiger partial charge >= 0.3 is 5.97 Å². The van der Waals surface area contributed by atoms with Crippen LogP contribution in [0.1, 0.15) is 22.8 Å². The van der Waals surface area contributed by atoms with Gasteiger partial charge in [0.15, 0.2) is 5.60 Å². The molecule has 5 nitrogen and oxygen atoms in total. The van der Waals surface area contributed by atoms with Crippen LogP contribution in [0.15, 0.2) is 42.6 Å². The minimum absolute atomic E-state index is 0.314. The molecule has 1 N–H and O–H groups in total.